The molecule has 0 aliphatic carbocycles. The molecule has 1 unspecified atom stereocenters. The highest BCUT2D eigenvalue weighted by Gasteiger charge is 2.10. The summed E-state index contributed by atoms with van der Waals surface area (Å²) in [5, 5.41) is 8.44. The van der Waals surface area contributed by atoms with Crippen LogP contribution in [0.5, 0.6) is 0 Å². The molecular weight excluding hydrogens is 202 g/mol. The van der Waals surface area contributed by atoms with Gasteiger partial charge in [0.05, 0.1) is 19.8 Å². The van der Waals surface area contributed by atoms with Gasteiger partial charge in [-0.3, -0.25) is 4.79 Å². The average molecular weight is 221 g/mol. The van der Waals surface area contributed by atoms with Crippen molar-refractivity contribution in [3.63, 3.8) is 0 Å². The lowest BCUT2D eigenvalue weighted by molar-refractivity contribution is -0.140. The van der Waals surface area contributed by atoms with Gasteiger partial charge in [0, 0.05) is 20.3 Å². The Kier molecular flexibility index (Phi) is 9.40. The minimum absolute atomic E-state index is 0.0351. The van der Waals surface area contributed by atoms with Gasteiger partial charge in [-0.2, -0.15) is 0 Å². The van der Waals surface area contributed by atoms with E-state index in [4.69, 9.17) is 25.1 Å². The molecule has 6 nitrogen and oxygen atoms in total. The van der Waals surface area contributed by atoms with Gasteiger partial charge in [-0.05, 0) is 6.42 Å². The fourth-order valence-corrected chi connectivity index (χ4v) is 0.789. The molecule has 0 saturated carbocycles. The van der Waals surface area contributed by atoms with Crippen LogP contribution in [-0.4, -0.2) is 57.3 Å². The van der Waals surface area contributed by atoms with E-state index in [1.165, 1.54) is 0 Å². The maximum absolute atomic E-state index is 10.3. The van der Waals surface area contributed by atoms with Gasteiger partial charge in [0.1, 0.15) is 6.04 Å². The summed E-state index contributed by atoms with van der Waals surface area (Å²) in [4.78, 5) is 10.3. The molecular formula is C9H19NO5. The van der Waals surface area contributed by atoms with Crippen molar-refractivity contribution < 1.29 is 24.1 Å². The zero-order valence-electron chi connectivity index (χ0n) is 8.98. The van der Waals surface area contributed by atoms with Crippen LogP contribution in [0.25, 0.3) is 0 Å². The summed E-state index contributed by atoms with van der Waals surface area (Å²) in [6, 6.07) is -0.945. The minimum Gasteiger partial charge on any atom is -0.480 e. The summed E-state index contributed by atoms with van der Waals surface area (Å²) in [5.74, 6) is -1.05. The third-order valence-electron chi connectivity index (χ3n) is 1.62. The van der Waals surface area contributed by atoms with Crippen LogP contribution in [0.2, 0.25) is 0 Å². The van der Waals surface area contributed by atoms with Crippen molar-refractivity contribution in [2.45, 2.75) is 12.5 Å². The zero-order valence-corrected chi connectivity index (χ0v) is 8.98. The predicted molar refractivity (Wildman–Crippen MR) is 53.7 cm³/mol. The largest absolute Gasteiger partial charge is 0.480 e. The van der Waals surface area contributed by atoms with Crippen LogP contribution in [0.15, 0.2) is 0 Å². The minimum atomic E-state index is -1.05. The number of carboxylic acid groups (broad SMARTS) is 1. The molecule has 0 bridgehead atoms. The molecule has 0 radical (unpaired) electrons. The number of ether oxygens (including phenoxy) is 3. The summed E-state index contributed by atoms with van der Waals surface area (Å²) in [7, 11) is 1.61. The summed E-state index contributed by atoms with van der Waals surface area (Å²) < 4.78 is 15.0. The molecule has 0 aliphatic heterocycles. The molecule has 0 saturated heterocycles. The van der Waals surface area contributed by atoms with E-state index < -0.39 is 12.0 Å². The van der Waals surface area contributed by atoms with E-state index in [2.05, 4.69) is 0 Å². The van der Waals surface area contributed by atoms with E-state index in [0.29, 0.717) is 26.4 Å². The molecule has 0 spiro atoms. The molecule has 0 amide bonds. The van der Waals surface area contributed by atoms with Crippen LogP contribution in [0.1, 0.15) is 6.42 Å². The number of methoxy groups -OCH3 is 1. The molecule has 0 aromatic carbocycles. The first kappa shape index (κ1) is 14.3. The Morgan fingerprint density at radius 1 is 1.27 bits per heavy atom. The first-order chi connectivity index (χ1) is 7.18. The van der Waals surface area contributed by atoms with Crippen LogP contribution in [0.4, 0.5) is 0 Å². The van der Waals surface area contributed by atoms with E-state index in [1.807, 2.05) is 0 Å². The van der Waals surface area contributed by atoms with Gasteiger partial charge in [0.15, 0.2) is 0 Å². The molecule has 0 heterocycles. The Bertz CT molecular complexity index is 165. The van der Waals surface area contributed by atoms with Crippen molar-refractivity contribution in [2.75, 3.05) is 40.1 Å². The lowest BCUT2D eigenvalue weighted by Crippen LogP contribution is -2.35. The van der Waals surface area contributed by atoms with Crippen molar-refractivity contribution in [3.05, 3.63) is 0 Å². The average Bonchev–Trinajstić information content (AvgIpc) is 2.21. The highest BCUT2D eigenvalue weighted by atomic mass is 16.5. The quantitative estimate of drug-likeness (QED) is 0.482. The van der Waals surface area contributed by atoms with Crippen molar-refractivity contribution in [2.24, 2.45) is 5.73 Å². The van der Waals surface area contributed by atoms with Gasteiger partial charge in [0.2, 0.25) is 0 Å². The van der Waals surface area contributed by atoms with Crippen LogP contribution in [0, 0.1) is 0 Å². The molecule has 3 N–H and O–H groups in total. The standard InChI is InChI=1S/C9H19NO5/c1-13-5-6-14-3-2-4-15-7-8(10)9(11)12/h8H,2-7,10H2,1H3,(H,11,12). The van der Waals surface area contributed by atoms with E-state index in [1.54, 1.807) is 7.11 Å². The number of aliphatic carboxylic acids is 1. The first-order valence-corrected chi connectivity index (χ1v) is 4.81. The third kappa shape index (κ3) is 9.61. The van der Waals surface area contributed by atoms with Crippen molar-refractivity contribution in [3.8, 4) is 0 Å². The summed E-state index contributed by atoms with van der Waals surface area (Å²) in [6.45, 7) is 2.20. The Morgan fingerprint density at radius 2 is 1.93 bits per heavy atom. The molecule has 1 atom stereocenters. The number of carbonyl (C=O) groups is 1. The number of nitrogens with two attached hydrogens (primary N) is 1. The maximum atomic E-state index is 10.3. The van der Waals surface area contributed by atoms with Crippen LogP contribution < -0.4 is 5.73 Å². The maximum Gasteiger partial charge on any atom is 0.322 e. The number of hydrogen-bond donors (Lipinski definition) is 2. The fourth-order valence-electron chi connectivity index (χ4n) is 0.789. The zero-order chi connectivity index (χ0) is 11.5. The van der Waals surface area contributed by atoms with E-state index >= 15 is 0 Å². The second-order valence-electron chi connectivity index (χ2n) is 2.98. The van der Waals surface area contributed by atoms with Gasteiger partial charge in [0.25, 0.3) is 0 Å². The predicted octanol–water partition coefficient (Wildman–Crippen LogP) is -0.532. The monoisotopic (exact) mass is 221 g/mol. The van der Waals surface area contributed by atoms with Gasteiger partial charge in [-0.25, -0.2) is 0 Å². The van der Waals surface area contributed by atoms with E-state index in [-0.39, 0.29) is 6.61 Å². The van der Waals surface area contributed by atoms with Gasteiger partial charge in [-0.1, -0.05) is 0 Å². The number of hydrogen-bond acceptors (Lipinski definition) is 5. The smallest absolute Gasteiger partial charge is 0.322 e. The van der Waals surface area contributed by atoms with Crippen LogP contribution >= 0.6 is 0 Å². The lowest BCUT2D eigenvalue weighted by atomic mass is 10.3. The number of rotatable bonds is 10. The van der Waals surface area contributed by atoms with Gasteiger partial charge >= 0.3 is 5.97 Å². The molecule has 0 aromatic heterocycles. The normalized spacial score (nSPS) is 12.7. The van der Waals surface area contributed by atoms with Gasteiger partial charge < -0.3 is 25.1 Å². The Labute approximate surface area is 89.3 Å². The molecule has 90 valence electrons. The molecule has 0 fully saturated rings. The van der Waals surface area contributed by atoms with Crippen molar-refractivity contribution in [1.82, 2.24) is 0 Å². The van der Waals surface area contributed by atoms with Crippen molar-refractivity contribution >= 4 is 5.97 Å². The molecule has 0 aromatic rings. The Balaban J connectivity index is 3.08. The Morgan fingerprint density at radius 3 is 2.53 bits per heavy atom. The summed E-state index contributed by atoms with van der Waals surface area (Å²) >= 11 is 0. The van der Waals surface area contributed by atoms with Crippen LogP contribution in [-0.2, 0) is 19.0 Å². The molecule has 0 aliphatic rings. The number of carboxylic acids is 1. The van der Waals surface area contributed by atoms with Gasteiger partial charge in [-0.15, -0.1) is 0 Å². The summed E-state index contributed by atoms with van der Waals surface area (Å²) in [6.07, 6.45) is 0.718. The van der Waals surface area contributed by atoms with Crippen LogP contribution in [0.3, 0.4) is 0 Å². The fraction of sp³-hybridized carbons (Fsp3) is 0.889. The highest BCUT2D eigenvalue weighted by molar-refractivity contribution is 5.73. The SMILES string of the molecule is COCCOCCCOCC(N)C(=O)O. The van der Waals surface area contributed by atoms with Crippen molar-refractivity contribution in [1.29, 1.82) is 0 Å². The highest BCUT2D eigenvalue weighted by Crippen LogP contribution is 1.88. The topological polar surface area (TPSA) is 91.0 Å². The summed E-state index contributed by atoms with van der Waals surface area (Å²) in [5.41, 5.74) is 5.22. The molecule has 6 heteroatoms. The first-order valence-electron chi connectivity index (χ1n) is 4.81. The van der Waals surface area contributed by atoms with E-state index in [9.17, 15) is 4.79 Å². The molecule has 0 rings (SSSR count). The molecule has 15 heavy (non-hydrogen) atoms. The Hall–Kier alpha value is -0.690. The second kappa shape index (κ2) is 9.85. The second-order valence-corrected chi connectivity index (χ2v) is 2.98. The van der Waals surface area contributed by atoms with E-state index in [0.717, 1.165) is 6.42 Å². The lowest BCUT2D eigenvalue weighted by Gasteiger charge is -2.07. The third-order valence-corrected chi connectivity index (χ3v) is 1.62.